The predicted octanol–water partition coefficient (Wildman–Crippen LogP) is 4.05. The first-order valence-electron chi connectivity index (χ1n) is 9.10. The standard InChI is InChI=1S/C22H16N2O6.Zn/c25-17-7-21-19(27-11-29-21)5-13(17)9-23-15-3-1-2-4-16(15)24-10-14-6-20-22(8-18(14)26)30-12-28-20;/h1-10,25-26H,11-12H2;. The molecule has 0 spiro atoms. The molecular weight excluding hydrogens is 454 g/mol. The van der Waals surface area contributed by atoms with Gasteiger partial charge in [0.25, 0.3) is 0 Å². The molecule has 8 nitrogen and oxygen atoms in total. The molecule has 0 aliphatic carbocycles. The number of benzene rings is 3. The fraction of sp³-hybridized carbons (Fsp3) is 0.0909. The molecule has 0 aromatic heterocycles. The molecule has 0 saturated heterocycles. The molecule has 2 N–H and O–H groups in total. The zero-order valence-electron chi connectivity index (χ0n) is 16.3. The number of fused-ring (bicyclic) bond motifs is 2. The van der Waals surface area contributed by atoms with Gasteiger partial charge < -0.3 is 29.2 Å². The first-order valence-corrected chi connectivity index (χ1v) is 9.10. The van der Waals surface area contributed by atoms with Gasteiger partial charge in [0.1, 0.15) is 11.5 Å². The van der Waals surface area contributed by atoms with Crippen molar-refractivity contribution in [3.05, 3.63) is 59.7 Å². The molecule has 152 valence electrons. The summed E-state index contributed by atoms with van der Waals surface area (Å²) >= 11 is 0. The van der Waals surface area contributed by atoms with Crippen LogP contribution in [-0.4, -0.2) is 36.2 Å². The smallest absolute Gasteiger partial charge is 0.231 e. The predicted molar refractivity (Wildman–Crippen MR) is 109 cm³/mol. The molecule has 0 radical (unpaired) electrons. The van der Waals surface area contributed by atoms with E-state index in [2.05, 4.69) is 9.98 Å². The van der Waals surface area contributed by atoms with Crippen molar-refractivity contribution >= 4 is 23.8 Å². The summed E-state index contributed by atoms with van der Waals surface area (Å²) in [6.45, 7) is 0.249. The fourth-order valence-electron chi connectivity index (χ4n) is 3.06. The van der Waals surface area contributed by atoms with E-state index in [0.29, 0.717) is 45.5 Å². The first-order chi connectivity index (χ1) is 14.7. The van der Waals surface area contributed by atoms with Crippen LogP contribution in [0.1, 0.15) is 11.1 Å². The van der Waals surface area contributed by atoms with Crippen LogP contribution in [0, 0.1) is 0 Å². The van der Waals surface area contributed by atoms with Crippen LogP contribution in [0.5, 0.6) is 34.5 Å². The molecule has 0 saturated carbocycles. The second-order valence-electron chi connectivity index (χ2n) is 6.53. The summed E-state index contributed by atoms with van der Waals surface area (Å²) < 4.78 is 21.2. The maximum atomic E-state index is 10.2. The van der Waals surface area contributed by atoms with Crippen molar-refractivity contribution < 1.29 is 48.6 Å². The van der Waals surface area contributed by atoms with E-state index < -0.39 is 0 Å². The molecule has 0 unspecified atom stereocenters. The summed E-state index contributed by atoms with van der Waals surface area (Å²) in [7, 11) is 0. The van der Waals surface area contributed by atoms with Crippen molar-refractivity contribution in [2.24, 2.45) is 9.98 Å². The Morgan fingerprint density at radius 2 is 1.03 bits per heavy atom. The van der Waals surface area contributed by atoms with Crippen molar-refractivity contribution in [3.8, 4) is 34.5 Å². The molecular formula is C22H16N2O6Zn. The SMILES string of the molecule is Oc1cc2c(cc1C=Nc1ccccc1N=Cc1cc3c(cc1O)OCO3)OCO2.[Zn]. The van der Waals surface area contributed by atoms with Gasteiger partial charge in [-0.1, -0.05) is 12.1 Å². The number of phenols is 2. The Balaban J connectivity index is 0.00000231. The minimum absolute atomic E-state index is 0. The fourth-order valence-corrected chi connectivity index (χ4v) is 3.06. The van der Waals surface area contributed by atoms with E-state index in [-0.39, 0.29) is 44.6 Å². The monoisotopic (exact) mass is 468 g/mol. The van der Waals surface area contributed by atoms with Crippen LogP contribution in [0.25, 0.3) is 0 Å². The molecule has 2 aliphatic heterocycles. The zero-order chi connectivity index (χ0) is 20.5. The van der Waals surface area contributed by atoms with Crippen LogP contribution < -0.4 is 18.9 Å². The normalized spacial score (nSPS) is 13.7. The molecule has 2 heterocycles. The number of phenolic OH excluding ortho intramolecular Hbond substituents is 2. The average molecular weight is 470 g/mol. The largest absolute Gasteiger partial charge is 0.507 e. The molecule has 0 bridgehead atoms. The number of hydrogen-bond donors (Lipinski definition) is 2. The van der Waals surface area contributed by atoms with E-state index in [1.165, 1.54) is 24.6 Å². The maximum Gasteiger partial charge on any atom is 0.231 e. The maximum absolute atomic E-state index is 10.2. The quantitative estimate of drug-likeness (QED) is 0.441. The third-order valence-electron chi connectivity index (χ3n) is 4.61. The van der Waals surface area contributed by atoms with Gasteiger partial charge in [-0.2, -0.15) is 0 Å². The average Bonchev–Trinajstić information content (AvgIpc) is 3.39. The minimum atomic E-state index is 0. The van der Waals surface area contributed by atoms with E-state index >= 15 is 0 Å². The van der Waals surface area contributed by atoms with Gasteiger partial charge in [0, 0.05) is 55.2 Å². The summed E-state index contributed by atoms with van der Waals surface area (Å²) in [5.41, 5.74) is 2.16. The minimum Gasteiger partial charge on any atom is -0.507 e. The van der Waals surface area contributed by atoms with Crippen molar-refractivity contribution in [2.75, 3.05) is 13.6 Å². The van der Waals surface area contributed by atoms with Gasteiger partial charge in [0.15, 0.2) is 23.0 Å². The molecule has 9 heteroatoms. The zero-order valence-corrected chi connectivity index (χ0v) is 19.3. The molecule has 31 heavy (non-hydrogen) atoms. The molecule has 5 rings (SSSR count). The molecule has 0 fully saturated rings. The second kappa shape index (κ2) is 8.65. The van der Waals surface area contributed by atoms with Crippen molar-refractivity contribution in [3.63, 3.8) is 0 Å². The van der Waals surface area contributed by atoms with E-state index in [0.717, 1.165) is 0 Å². The number of aliphatic imine (C=N–C) groups is 2. The van der Waals surface area contributed by atoms with Crippen LogP contribution in [0.4, 0.5) is 11.4 Å². The summed E-state index contributed by atoms with van der Waals surface area (Å²) in [4.78, 5) is 8.91. The third kappa shape index (κ3) is 4.18. The van der Waals surface area contributed by atoms with Gasteiger partial charge in [0.05, 0.1) is 11.4 Å². The molecule has 3 aromatic carbocycles. The topological polar surface area (TPSA) is 102 Å². The Morgan fingerprint density at radius 1 is 0.645 bits per heavy atom. The van der Waals surface area contributed by atoms with E-state index in [9.17, 15) is 10.2 Å². The Morgan fingerprint density at radius 3 is 1.45 bits per heavy atom. The molecule has 2 aliphatic rings. The van der Waals surface area contributed by atoms with Crippen molar-refractivity contribution in [1.82, 2.24) is 0 Å². The van der Waals surface area contributed by atoms with Gasteiger partial charge in [-0.05, 0) is 24.3 Å². The first kappa shape index (κ1) is 20.7. The van der Waals surface area contributed by atoms with Crippen molar-refractivity contribution in [2.45, 2.75) is 0 Å². The molecule has 3 aromatic rings. The van der Waals surface area contributed by atoms with Gasteiger partial charge in [-0.3, -0.25) is 9.98 Å². The Labute approximate surface area is 190 Å². The second-order valence-corrected chi connectivity index (χ2v) is 6.53. The van der Waals surface area contributed by atoms with Gasteiger partial charge in [-0.25, -0.2) is 0 Å². The number of aromatic hydroxyl groups is 2. The molecule has 0 atom stereocenters. The summed E-state index contributed by atoms with van der Waals surface area (Å²) in [6, 6.07) is 13.6. The Bertz CT molecular complexity index is 1100. The van der Waals surface area contributed by atoms with Crippen molar-refractivity contribution in [1.29, 1.82) is 0 Å². The number of para-hydroxylation sites is 2. The summed E-state index contributed by atoms with van der Waals surface area (Å²) in [5.74, 6) is 2.18. The van der Waals surface area contributed by atoms with Crippen LogP contribution in [0.2, 0.25) is 0 Å². The number of nitrogens with zero attached hydrogens (tertiary/aromatic N) is 2. The number of ether oxygens (including phenoxy) is 4. The van der Waals surface area contributed by atoms with Crippen LogP contribution in [-0.2, 0) is 19.5 Å². The van der Waals surface area contributed by atoms with E-state index in [4.69, 9.17) is 18.9 Å². The van der Waals surface area contributed by atoms with Crippen LogP contribution in [0.3, 0.4) is 0 Å². The summed E-state index contributed by atoms with van der Waals surface area (Å²) in [6.07, 6.45) is 3.06. The number of hydrogen-bond acceptors (Lipinski definition) is 8. The third-order valence-corrected chi connectivity index (χ3v) is 4.61. The Kier molecular flexibility index (Phi) is 5.78. The number of rotatable bonds is 4. The van der Waals surface area contributed by atoms with Gasteiger partial charge in [-0.15, -0.1) is 0 Å². The van der Waals surface area contributed by atoms with Crippen LogP contribution >= 0.6 is 0 Å². The Hall–Kier alpha value is -3.58. The van der Waals surface area contributed by atoms with Gasteiger partial charge >= 0.3 is 0 Å². The van der Waals surface area contributed by atoms with Gasteiger partial charge in [0.2, 0.25) is 13.6 Å². The van der Waals surface area contributed by atoms with E-state index in [1.54, 1.807) is 24.3 Å². The van der Waals surface area contributed by atoms with Crippen LogP contribution in [0.15, 0.2) is 58.5 Å². The van der Waals surface area contributed by atoms with E-state index in [1.807, 2.05) is 12.1 Å². The summed E-state index contributed by atoms with van der Waals surface area (Å²) in [5, 5.41) is 20.4. The molecule has 0 amide bonds.